The van der Waals surface area contributed by atoms with E-state index < -0.39 is 12.0 Å². The minimum absolute atomic E-state index is 0.0662. The number of hydrogen-bond donors (Lipinski definition) is 0. The lowest BCUT2D eigenvalue weighted by Gasteiger charge is -2.40. The molecule has 0 aliphatic carbocycles. The predicted molar refractivity (Wildman–Crippen MR) is 91.9 cm³/mol. The SMILES string of the molecule is FC(F)(F)N1c2ccccc2CC12C=Nc1c(ccc3ncccc13)O2. The summed E-state index contributed by atoms with van der Waals surface area (Å²) in [5.74, 6) is 0.315. The minimum Gasteiger partial charge on any atom is -0.460 e. The van der Waals surface area contributed by atoms with Gasteiger partial charge in [-0.05, 0) is 35.9 Å². The molecule has 1 spiro atoms. The first-order valence-electron chi connectivity index (χ1n) is 8.05. The monoisotopic (exact) mass is 355 g/mol. The molecule has 2 aromatic carbocycles. The van der Waals surface area contributed by atoms with Crippen molar-refractivity contribution in [2.75, 3.05) is 4.90 Å². The van der Waals surface area contributed by atoms with E-state index in [1.165, 1.54) is 12.3 Å². The maximum atomic E-state index is 13.9. The van der Waals surface area contributed by atoms with Gasteiger partial charge in [-0.15, -0.1) is 13.2 Å². The first-order chi connectivity index (χ1) is 12.5. The summed E-state index contributed by atoms with van der Waals surface area (Å²) in [6.45, 7) is 0. The van der Waals surface area contributed by atoms with Crippen LogP contribution in [0.5, 0.6) is 5.75 Å². The number of anilines is 1. The van der Waals surface area contributed by atoms with Crippen LogP contribution in [-0.2, 0) is 6.42 Å². The number of rotatable bonds is 0. The van der Waals surface area contributed by atoms with Crippen molar-refractivity contribution < 1.29 is 17.9 Å². The summed E-state index contributed by atoms with van der Waals surface area (Å²) in [6, 6.07) is 13.4. The molecule has 0 bridgehead atoms. The smallest absolute Gasteiger partial charge is 0.460 e. The van der Waals surface area contributed by atoms with Crippen molar-refractivity contribution >= 4 is 28.5 Å². The Hall–Kier alpha value is -3.09. The number of aliphatic imine (C=N–C) groups is 1. The van der Waals surface area contributed by atoms with Gasteiger partial charge in [-0.3, -0.25) is 9.98 Å². The Kier molecular flexibility index (Phi) is 2.90. The molecule has 0 fully saturated rings. The Morgan fingerprint density at radius 1 is 1.04 bits per heavy atom. The van der Waals surface area contributed by atoms with E-state index in [1.54, 1.807) is 42.6 Å². The number of pyridine rings is 1. The average molecular weight is 355 g/mol. The van der Waals surface area contributed by atoms with E-state index in [4.69, 9.17) is 4.74 Å². The van der Waals surface area contributed by atoms with Crippen LogP contribution in [0.4, 0.5) is 24.5 Å². The molecular formula is C19H12F3N3O. The summed E-state index contributed by atoms with van der Waals surface area (Å²) in [7, 11) is 0. The molecule has 0 N–H and O–H groups in total. The third kappa shape index (κ3) is 2.03. The lowest BCUT2D eigenvalue weighted by molar-refractivity contribution is -0.151. The zero-order valence-corrected chi connectivity index (χ0v) is 13.4. The first-order valence-corrected chi connectivity index (χ1v) is 8.05. The summed E-state index contributed by atoms with van der Waals surface area (Å²) in [5.41, 5.74) is 0.161. The Bertz CT molecular complexity index is 1060. The fourth-order valence-electron chi connectivity index (χ4n) is 3.69. The lowest BCUT2D eigenvalue weighted by atomic mass is 10.1. The fraction of sp³-hybridized carbons (Fsp3) is 0.158. The molecule has 0 amide bonds. The Morgan fingerprint density at radius 3 is 2.73 bits per heavy atom. The number of ether oxygens (including phenoxy) is 1. The van der Waals surface area contributed by atoms with Crippen LogP contribution in [0.2, 0.25) is 0 Å². The molecule has 2 aliphatic heterocycles. The van der Waals surface area contributed by atoms with Crippen LogP contribution >= 0.6 is 0 Å². The van der Waals surface area contributed by atoms with Crippen molar-refractivity contribution in [2.45, 2.75) is 18.4 Å². The largest absolute Gasteiger partial charge is 0.488 e. The van der Waals surface area contributed by atoms with Gasteiger partial charge < -0.3 is 4.74 Å². The molecule has 3 heterocycles. The number of nitrogens with zero attached hydrogens (tertiary/aromatic N) is 3. The average Bonchev–Trinajstić information content (AvgIpc) is 2.94. The third-order valence-corrected chi connectivity index (χ3v) is 4.71. The summed E-state index contributed by atoms with van der Waals surface area (Å²) in [4.78, 5) is 8.97. The van der Waals surface area contributed by atoms with E-state index in [2.05, 4.69) is 9.98 Å². The van der Waals surface area contributed by atoms with Crippen LogP contribution in [-0.4, -0.2) is 23.2 Å². The molecule has 1 unspecified atom stereocenters. The third-order valence-electron chi connectivity index (χ3n) is 4.71. The van der Waals surface area contributed by atoms with Gasteiger partial charge in [0.05, 0.1) is 17.4 Å². The van der Waals surface area contributed by atoms with Gasteiger partial charge in [-0.25, -0.2) is 4.90 Å². The molecule has 5 rings (SSSR count). The van der Waals surface area contributed by atoms with Crippen molar-refractivity contribution in [1.29, 1.82) is 0 Å². The second-order valence-corrected chi connectivity index (χ2v) is 6.30. The number of para-hydroxylation sites is 1. The van der Waals surface area contributed by atoms with Gasteiger partial charge in [0.2, 0.25) is 5.72 Å². The van der Waals surface area contributed by atoms with Crippen molar-refractivity contribution in [1.82, 2.24) is 4.98 Å². The van der Waals surface area contributed by atoms with Crippen LogP contribution in [0.15, 0.2) is 59.7 Å². The topological polar surface area (TPSA) is 37.7 Å². The van der Waals surface area contributed by atoms with Crippen molar-refractivity contribution in [2.24, 2.45) is 4.99 Å². The molecule has 1 atom stereocenters. The maximum Gasteiger partial charge on any atom is 0.488 e. The molecule has 1 aromatic heterocycles. The molecule has 26 heavy (non-hydrogen) atoms. The molecule has 4 nitrogen and oxygen atoms in total. The van der Waals surface area contributed by atoms with Gasteiger partial charge in [-0.1, -0.05) is 18.2 Å². The van der Waals surface area contributed by atoms with Gasteiger partial charge >= 0.3 is 6.30 Å². The summed E-state index contributed by atoms with van der Waals surface area (Å²) >= 11 is 0. The zero-order chi connectivity index (χ0) is 17.9. The molecule has 7 heteroatoms. The van der Waals surface area contributed by atoms with Gasteiger partial charge in [0.1, 0.15) is 11.4 Å². The van der Waals surface area contributed by atoms with Gasteiger partial charge in [0.25, 0.3) is 0 Å². The van der Waals surface area contributed by atoms with E-state index in [-0.39, 0.29) is 12.1 Å². The minimum atomic E-state index is -4.60. The number of benzene rings is 2. The van der Waals surface area contributed by atoms with Crippen LogP contribution in [0.1, 0.15) is 5.56 Å². The van der Waals surface area contributed by atoms with E-state index in [1.807, 2.05) is 6.07 Å². The molecule has 2 aliphatic rings. The van der Waals surface area contributed by atoms with Crippen molar-refractivity contribution in [3.8, 4) is 5.75 Å². The Balaban J connectivity index is 1.68. The summed E-state index contributed by atoms with van der Waals surface area (Å²) in [5, 5.41) is 0.741. The number of fused-ring (bicyclic) bond motifs is 4. The summed E-state index contributed by atoms with van der Waals surface area (Å²) in [6.07, 6.45) is -1.62. The molecule has 130 valence electrons. The lowest BCUT2D eigenvalue weighted by Crippen LogP contribution is -2.59. The van der Waals surface area contributed by atoms with Gasteiger partial charge in [0, 0.05) is 18.0 Å². The fourth-order valence-corrected chi connectivity index (χ4v) is 3.69. The molecule has 0 saturated carbocycles. The van der Waals surface area contributed by atoms with E-state index in [9.17, 15) is 13.2 Å². The van der Waals surface area contributed by atoms with Crippen LogP contribution in [0.25, 0.3) is 10.9 Å². The van der Waals surface area contributed by atoms with Gasteiger partial charge in [0.15, 0.2) is 0 Å². The Morgan fingerprint density at radius 2 is 1.88 bits per heavy atom. The van der Waals surface area contributed by atoms with E-state index in [0.29, 0.717) is 27.4 Å². The molecule has 3 aromatic rings. The molecular weight excluding hydrogens is 343 g/mol. The second-order valence-electron chi connectivity index (χ2n) is 6.30. The standard InChI is InChI=1S/C19H12F3N3O/c20-19(21,22)25-15-6-2-1-4-12(15)10-18(25)11-24-17-13-5-3-9-23-14(13)7-8-16(17)26-18/h1-9,11H,10H2. The zero-order valence-electron chi connectivity index (χ0n) is 13.4. The maximum absolute atomic E-state index is 13.9. The van der Waals surface area contributed by atoms with Crippen LogP contribution < -0.4 is 9.64 Å². The van der Waals surface area contributed by atoms with Crippen molar-refractivity contribution in [3.63, 3.8) is 0 Å². The predicted octanol–water partition coefficient (Wildman–Crippen LogP) is 4.61. The van der Waals surface area contributed by atoms with E-state index >= 15 is 0 Å². The normalized spacial score (nSPS) is 21.0. The highest BCUT2D eigenvalue weighted by atomic mass is 19.4. The van der Waals surface area contributed by atoms with Crippen LogP contribution in [0, 0.1) is 0 Å². The van der Waals surface area contributed by atoms with Crippen LogP contribution in [0.3, 0.4) is 0 Å². The summed E-state index contributed by atoms with van der Waals surface area (Å²) < 4.78 is 47.6. The molecule has 0 radical (unpaired) electrons. The van der Waals surface area contributed by atoms with E-state index in [0.717, 1.165) is 5.39 Å². The van der Waals surface area contributed by atoms with Gasteiger partial charge in [-0.2, -0.15) is 0 Å². The van der Waals surface area contributed by atoms with Crippen molar-refractivity contribution in [3.05, 3.63) is 60.3 Å². The second kappa shape index (κ2) is 4.97. The number of aromatic nitrogens is 1. The molecule has 0 saturated heterocycles. The number of halogens is 3. The Labute approximate surface area is 146 Å². The first kappa shape index (κ1) is 15.2. The number of hydrogen-bond acceptors (Lipinski definition) is 4. The highest BCUT2D eigenvalue weighted by molar-refractivity contribution is 5.97. The highest BCUT2D eigenvalue weighted by Crippen LogP contribution is 2.49. The quantitative estimate of drug-likeness (QED) is 0.553. The number of alkyl halides is 3. The highest BCUT2D eigenvalue weighted by Gasteiger charge is 2.57.